The molecule has 0 aliphatic carbocycles. The maximum Gasteiger partial charge on any atom is 0.284 e. The third kappa shape index (κ3) is 2.24. The van der Waals surface area contributed by atoms with Crippen molar-refractivity contribution in [3.63, 3.8) is 0 Å². The van der Waals surface area contributed by atoms with E-state index in [4.69, 9.17) is 15.6 Å². The van der Waals surface area contributed by atoms with Gasteiger partial charge in [0.2, 0.25) is 5.95 Å². The van der Waals surface area contributed by atoms with Crippen molar-refractivity contribution >= 4 is 5.91 Å². The molecule has 0 spiro atoms. The summed E-state index contributed by atoms with van der Waals surface area (Å²) in [5, 5.41) is 8.92. The number of hydrogen-bond donors (Lipinski definition) is 2. The molecule has 1 fully saturated rings. The molecule has 0 radical (unpaired) electrons. The molecule has 0 saturated carbocycles. The summed E-state index contributed by atoms with van der Waals surface area (Å²) in [4.78, 5) is 26.0. The first kappa shape index (κ1) is 12.7. The molecule has 1 aromatic rings. The molecule has 2 atom stereocenters. The highest BCUT2D eigenvalue weighted by Gasteiger charge is 2.28. The van der Waals surface area contributed by atoms with Gasteiger partial charge in [0.15, 0.2) is 5.69 Å². The molecule has 8 heteroatoms. The van der Waals surface area contributed by atoms with E-state index in [0.717, 1.165) is 10.8 Å². The highest BCUT2D eigenvalue weighted by Crippen LogP contribution is 2.26. The zero-order valence-electron chi connectivity index (χ0n) is 9.38. The van der Waals surface area contributed by atoms with Gasteiger partial charge in [0.05, 0.1) is 18.9 Å². The van der Waals surface area contributed by atoms with Crippen molar-refractivity contribution in [3.8, 4) is 0 Å². The molecule has 1 aromatic heterocycles. The molecule has 0 bridgehead atoms. The number of rotatable bonds is 3. The highest BCUT2D eigenvalue weighted by atomic mass is 19.1. The van der Waals surface area contributed by atoms with Gasteiger partial charge in [-0.15, -0.1) is 0 Å². The topological polar surface area (TPSA) is 107 Å². The summed E-state index contributed by atoms with van der Waals surface area (Å²) in [6.45, 7) is -0.179. The first-order chi connectivity index (χ1) is 8.52. The minimum Gasteiger partial charge on any atom is -0.394 e. The third-order valence-corrected chi connectivity index (χ3v) is 2.73. The number of primary amides is 1. The van der Waals surface area contributed by atoms with Gasteiger partial charge in [-0.2, -0.15) is 4.39 Å². The molecule has 18 heavy (non-hydrogen) atoms. The number of nitrogens with zero attached hydrogens (tertiary/aromatic N) is 2. The van der Waals surface area contributed by atoms with Crippen LogP contribution in [0.5, 0.6) is 0 Å². The van der Waals surface area contributed by atoms with E-state index in [1.807, 2.05) is 0 Å². The molecule has 2 heterocycles. The standard InChI is InChI=1S/C10H12FN3O4/c11-6-3-14(7-2-1-5(4-15)18-7)10(17)8(13-6)9(12)16/h3,5,7,15H,1-2,4H2,(H2,12,16)/t5-,7+/m0/s1. The van der Waals surface area contributed by atoms with Crippen LogP contribution in [0.3, 0.4) is 0 Å². The van der Waals surface area contributed by atoms with Crippen LogP contribution in [0.1, 0.15) is 29.6 Å². The van der Waals surface area contributed by atoms with Gasteiger partial charge in [-0.05, 0) is 12.8 Å². The lowest BCUT2D eigenvalue weighted by molar-refractivity contribution is -0.0246. The van der Waals surface area contributed by atoms with Crippen molar-refractivity contribution in [3.05, 3.63) is 28.2 Å². The van der Waals surface area contributed by atoms with Crippen molar-refractivity contribution in [2.45, 2.75) is 25.2 Å². The van der Waals surface area contributed by atoms with Crippen LogP contribution < -0.4 is 11.3 Å². The number of hydrogen-bond acceptors (Lipinski definition) is 5. The summed E-state index contributed by atoms with van der Waals surface area (Å²) in [6, 6.07) is 0. The van der Waals surface area contributed by atoms with E-state index >= 15 is 0 Å². The number of aromatic nitrogens is 2. The minimum absolute atomic E-state index is 0.179. The van der Waals surface area contributed by atoms with Gasteiger partial charge >= 0.3 is 0 Å². The fourth-order valence-corrected chi connectivity index (χ4v) is 1.88. The van der Waals surface area contributed by atoms with Gasteiger partial charge < -0.3 is 15.6 Å². The third-order valence-electron chi connectivity index (χ3n) is 2.73. The summed E-state index contributed by atoms with van der Waals surface area (Å²) < 4.78 is 19.5. The first-order valence-corrected chi connectivity index (χ1v) is 5.37. The van der Waals surface area contributed by atoms with Gasteiger partial charge in [-0.25, -0.2) is 4.98 Å². The molecule has 98 valence electrons. The lowest BCUT2D eigenvalue weighted by atomic mass is 10.2. The average Bonchev–Trinajstić information content (AvgIpc) is 2.79. The van der Waals surface area contributed by atoms with E-state index in [9.17, 15) is 14.0 Å². The van der Waals surface area contributed by atoms with Crippen molar-refractivity contribution in [2.24, 2.45) is 5.73 Å². The fourth-order valence-electron chi connectivity index (χ4n) is 1.88. The molecule has 2 rings (SSSR count). The van der Waals surface area contributed by atoms with Crippen LogP contribution in [-0.2, 0) is 4.74 Å². The SMILES string of the molecule is NC(=O)c1nc(F)cn([C@H]2CC[C@@H](CO)O2)c1=O. The first-order valence-electron chi connectivity index (χ1n) is 5.37. The van der Waals surface area contributed by atoms with Crippen LogP contribution in [0.15, 0.2) is 11.0 Å². The predicted octanol–water partition coefficient (Wildman–Crippen LogP) is -0.849. The maximum atomic E-state index is 13.2. The van der Waals surface area contributed by atoms with Crippen molar-refractivity contribution in [2.75, 3.05) is 6.61 Å². The molecule has 7 nitrogen and oxygen atoms in total. The van der Waals surface area contributed by atoms with E-state index < -0.39 is 35.4 Å². The molecule has 0 aromatic carbocycles. The molecule has 1 saturated heterocycles. The molecule has 3 N–H and O–H groups in total. The Labute approximate surface area is 101 Å². The Balaban J connectivity index is 2.40. The molecular formula is C10H12FN3O4. The van der Waals surface area contributed by atoms with Gasteiger partial charge in [-0.1, -0.05) is 0 Å². The van der Waals surface area contributed by atoms with Crippen molar-refractivity contribution in [1.82, 2.24) is 9.55 Å². The van der Waals surface area contributed by atoms with Crippen LogP contribution >= 0.6 is 0 Å². The van der Waals surface area contributed by atoms with E-state index in [2.05, 4.69) is 4.98 Å². The summed E-state index contributed by atoms with van der Waals surface area (Å²) in [6.07, 6.45) is 0.732. The Kier molecular flexibility index (Phi) is 3.39. The van der Waals surface area contributed by atoms with Gasteiger partial charge in [-0.3, -0.25) is 14.2 Å². The van der Waals surface area contributed by atoms with Crippen LogP contribution in [0, 0.1) is 5.95 Å². The quantitative estimate of drug-likeness (QED) is 0.733. The van der Waals surface area contributed by atoms with Crippen LogP contribution in [0.25, 0.3) is 0 Å². The molecule has 0 unspecified atom stereocenters. The summed E-state index contributed by atoms with van der Waals surface area (Å²) >= 11 is 0. The van der Waals surface area contributed by atoms with Crippen LogP contribution in [0.4, 0.5) is 4.39 Å². The Morgan fingerprint density at radius 1 is 1.67 bits per heavy atom. The van der Waals surface area contributed by atoms with Crippen molar-refractivity contribution < 1.29 is 19.0 Å². The van der Waals surface area contributed by atoms with E-state index in [1.54, 1.807) is 0 Å². The van der Waals surface area contributed by atoms with Crippen LogP contribution in [-0.4, -0.2) is 33.3 Å². The zero-order chi connectivity index (χ0) is 13.3. The summed E-state index contributed by atoms with van der Waals surface area (Å²) in [7, 11) is 0. The number of aliphatic hydroxyl groups excluding tert-OH is 1. The molecule has 1 aliphatic heterocycles. The second-order valence-electron chi connectivity index (χ2n) is 3.96. The van der Waals surface area contributed by atoms with Gasteiger partial charge in [0.25, 0.3) is 11.5 Å². The number of carbonyl (C=O) groups is 1. The fraction of sp³-hybridized carbons (Fsp3) is 0.500. The summed E-state index contributed by atoms with van der Waals surface area (Å²) in [5.41, 5.74) is 3.48. The lowest BCUT2D eigenvalue weighted by Crippen LogP contribution is -2.34. The minimum atomic E-state index is -1.09. The second kappa shape index (κ2) is 4.83. The molecule has 1 aliphatic rings. The Hall–Kier alpha value is -1.80. The predicted molar refractivity (Wildman–Crippen MR) is 57.2 cm³/mol. The monoisotopic (exact) mass is 257 g/mol. The summed E-state index contributed by atoms with van der Waals surface area (Å²) in [5.74, 6) is -2.08. The van der Waals surface area contributed by atoms with E-state index in [0.29, 0.717) is 12.8 Å². The normalized spacial score (nSPS) is 23.2. The van der Waals surface area contributed by atoms with Crippen LogP contribution in [0.2, 0.25) is 0 Å². The van der Waals surface area contributed by atoms with Gasteiger partial charge in [0, 0.05) is 0 Å². The maximum absolute atomic E-state index is 13.2. The number of carbonyl (C=O) groups excluding carboxylic acids is 1. The Morgan fingerprint density at radius 2 is 2.39 bits per heavy atom. The molecule has 1 amide bonds. The smallest absolute Gasteiger partial charge is 0.284 e. The largest absolute Gasteiger partial charge is 0.394 e. The number of nitrogens with two attached hydrogens (primary N) is 1. The van der Waals surface area contributed by atoms with Crippen molar-refractivity contribution in [1.29, 1.82) is 0 Å². The molecular weight excluding hydrogens is 245 g/mol. The lowest BCUT2D eigenvalue weighted by Gasteiger charge is -2.15. The van der Waals surface area contributed by atoms with E-state index in [-0.39, 0.29) is 6.61 Å². The highest BCUT2D eigenvalue weighted by molar-refractivity contribution is 5.90. The number of aliphatic hydroxyl groups is 1. The van der Waals surface area contributed by atoms with E-state index in [1.165, 1.54) is 0 Å². The second-order valence-corrected chi connectivity index (χ2v) is 3.96. The zero-order valence-corrected chi connectivity index (χ0v) is 9.38. The Morgan fingerprint density at radius 3 is 2.94 bits per heavy atom. The van der Waals surface area contributed by atoms with Gasteiger partial charge in [0.1, 0.15) is 6.23 Å². The number of halogens is 1. The Bertz CT molecular complexity index is 530. The average molecular weight is 257 g/mol. The number of amides is 1. The number of ether oxygens (including phenoxy) is 1.